The van der Waals surface area contributed by atoms with E-state index in [1.165, 1.54) is 32.5 Å². The topological polar surface area (TPSA) is 79.6 Å². The summed E-state index contributed by atoms with van der Waals surface area (Å²) in [6.07, 6.45) is 1.40. The van der Waals surface area contributed by atoms with Crippen LogP contribution in [0.15, 0.2) is 52.0 Å². The minimum atomic E-state index is -3.55. The Labute approximate surface area is 123 Å². The number of nitrogens with zero attached hydrogens (tertiary/aromatic N) is 1. The number of hydrogen-bond donors (Lipinski definition) is 1. The fourth-order valence-electron chi connectivity index (χ4n) is 1.77. The molecule has 112 valence electrons. The number of benzene rings is 1. The van der Waals surface area contributed by atoms with Crippen molar-refractivity contribution in [3.63, 3.8) is 0 Å². The number of nitrogens with one attached hydrogen (secondary N) is 1. The van der Waals surface area contributed by atoms with Crippen molar-refractivity contribution in [2.24, 2.45) is 0 Å². The SMILES string of the molecule is CN(C)S(=O)(=O)c1ccccc1CNC(=O)c1ccco1. The van der Waals surface area contributed by atoms with Crippen LogP contribution in [0, 0.1) is 0 Å². The Balaban J connectivity index is 2.20. The second-order valence-corrected chi connectivity index (χ2v) is 6.68. The molecule has 0 aliphatic heterocycles. The molecule has 6 nitrogen and oxygen atoms in total. The largest absolute Gasteiger partial charge is 0.459 e. The molecule has 0 aliphatic rings. The Hall–Kier alpha value is -2.12. The summed E-state index contributed by atoms with van der Waals surface area (Å²) >= 11 is 0. The molecule has 1 aromatic carbocycles. The molecule has 1 N–H and O–H groups in total. The van der Waals surface area contributed by atoms with Crippen molar-refractivity contribution < 1.29 is 17.6 Å². The summed E-state index contributed by atoms with van der Waals surface area (Å²) in [4.78, 5) is 12.0. The third kappa shape index (κ3) is 3.32. The van der Waals surface area contributed by atoms with Gasteiger partial charge in [-0.3, -0.25) is 4.79 Å². The number of carbonyl (C=O) groups is 1. The first kappa shape index (κ1) is 15.3. The number of sulfonamides is 1. The van der Waals surface area contributed by atoms with Crippen molar-refractivity contribution >= 4 is 15.9 Å². The monoisotopic (exact) mass is 308 g/mol. The van der Waals surface area contributed by atoms with E-state index in [-0.39, 0.29) is 17.2 Å². The third-order valence-electron chi connectivity index (χ3n) is 2.92. The molecular weight excluding hydrogens is 292 g/mol. The van der Waals surface area contributed by atoms with Crippen LogP contribution in [0.4, 0.5) is 0 Å². The van der Waals surface area contributed by atoms with Crippen LogP contribution in [0.5, 0.6) is 0 Å². The summed E-state index contributed by atoms with van der Waals surface area (Å²) < 4.78 is 30.6. The van der Waals surface area contributed by atoms with Crippen LogP contribution >= 0.6 is 0 Å². The van der Waals surface area contributed by atoms with Crippen LogP contribution in [0.25, 0.3) is 0 Å². The highest BCUT2D eigenvalue weighted by molar-refractivity contribution is 7.89. The van der Waals surface area contributed by atoms with Gasteiger partial charge >= 0.3 is 0 Å². The van der Waals surface area contributed by atoms with Crippen molar-refractivity contribution in [3.05, 3.63) is 54.0 Å². The van der Waals surface area contributed by atoms with E-state index in [0.717, 1.165) is 4.31 Å². The minimum absolute atomic E-state index is 0.1000. The highest BCUT2D eigenvalue weighted by Crippen LogP contribution is 2.18. The van der Waals surface area contributed by atoms with Crippen molar-refractivity contribution in [1.82, 2.24) is 9.62 Å². The van der Waals surface area contributed by atoms with E-state index in [1.807, 2.05) is 0 Å². The lowest BCUT2D eigenvalue weighted by atomic mass is 10.2. The molecule has 1 amide bonds. The second-order valence-electron chi connectivity index (χ2n) is 4.56. The maximum absolute atomic E-state index is 12.2. The van der Waals surface area contributed by atoms with E-state index in [4.69, 9.17) is 4.42 Å². The number of amides is 1. The van der Waals surface area contributed by atoms with E-state index in [9.17, 15) is 13.2 Å². The predicted molar refractivity (Wildman–Crippen MR) is 77.2 cm³/mol. The maximum Gasteiger partial charge on any atom is 0.287 e. The number of hydrogen-bond acceptors (Lipinski definition) is 4. The molecule has 2 rings (SSSR count). The first-order chi connectivity index (χ1) is 9.93. The lowest BCUT2D eigenvalue weighted by Crippen LogP contribution is -2.26. The highest BCUT2D eigenvalue weighted by atomic mass is 32.2. The Bertz CT molecular complexity index is 721. The summed E-state index contributed by atoms with van der Waals surface area (Å²) in [6, 6.07) is 9.71. The van der Waals surface area contributed by atoms with Gasteiger partial charge in [0.25, 0.3) is 5.91 Å². The van der Waals surface area contributed by atoms with Crippen LogP contribution in [0.2, 0.25) is 0 Å². The molecule has 0 saturated heterocycles. The number of rotatable bonds is 5. The highest BCUT2D eigenvalue weighted by Gasteiger charge is 2.21. The Morgan fingerprint density at radius 3 is 2.52 bits per heavy atom. The summed E-state index contributed by atoms with van der Waals surface area (Å²) in [5.41, 5.74) is 0.520. The molecule has 1 heterocycles. The van der Waals surface area contributed by atoms with Crippen molar-refractivity contribution in [2.75, 3.05) is 14.1 Å². The van der Waals surface area contributed by atoms with Crippen LogP contribution in [-0.4, -0.2) is 32.7 Å². The molecule has 0 radical (unpaired) electrons. The van der Waals surface area contributed by atoms with E-state index in [2.05, 4.69) is 5.32 Å². The van der Waals surface area contributed by atoms with Gasteiger partial charge in [0.15, 0.2) is 5.76 Å². The third-order valence-corrected chi connectivity index (χ3v) is 4.83. The zero-order valence-corrected chi connectivity index (χ0v) is 12.6. The van der Waals surface area contributed by atoms with Gasteiger partial charge in [0.05, 0.1) is 11.2 Å². The number of furan rings is 1. The Kier molecular flexibility index (Phi) is 4.44. The summed E-state index contributed by atoms with van der Waals surface area (Å²) in [7, 11) is -0.619. The molecule has 2 aromatic rings. The maximum atomic E-state index is 12.2. The van der Waals surface area contributed by atoms with Gasteiger partial charge < -0.3 is 9.73 Å². The van der Waals surface area contributed by atoms with E-state index in [1.54, 1.807) is 24.3 Å². The fraction of sp³-hybridized carbons (Fsp3) is 0.214. The minimum Gasteiger partial charge on any atom is -0.459 e. The molecule has 0 saturated carbocycles. The zero-order chi connectivity index (χ0) is 15.5. The van der Waals surface area contributed by atoms with Gasteiger partial charge in [-0.05, 0) is 23.8 Å². The first-order valence-corrected chi connectivity index (χ1v) is 7.69. The predicted octanol–water partition coefficient (Wildman–Crippen LogP) is 1.46. The standard InChI is InChI=1S/C14H16N2O4S/c1-16(2)21(18,19)13-8-4-3-6-11(13)10-15-14(17)12-7-5-9-20-12/h3-9H,10H2,1-2H3,(H,15,17). The number of carbonyl (C=O) groups excluding carboxylic acids is 1. The molecule has 0 bridgehead atoms. The van der Waals surface area contributed by atoms with Crippen LogP contribution in [0.3, 0.4) is 0 Å². The molecule has 0 aliphatic carbocycles. The molecule has 1 aromatic heterocycles. The molecular formula is C14H16N2O4S. The van der Waals surface area contributed by atoms with Crippen molar-refractivity contribution in [2.45, 2.75) is 11.4 Å². The molecule has 7 heteroatoms. The Morgan fingerprint density at radius 2 is 1.90 bits per heavy atom. The van der Waals surface area contributed by atoms with Crippen molar-refractivity contribution in [1.29, 1.82) is 0 Å². The van der Waals surface area contributed by atoms with Gasteiger partial charge in [0.2, 0.25) is 10.0 Å². The Morgan fingerprint density at radius 1 is 1.19 bits per heavy atom. The van der Waals surface area contributed by atoms with Gasteiger partial charge in [-0.25, -0.2) is 12.7 Å². The quantitative estimate of drug-likeness (QED) is 0.907. The lowest BCUT2D eigenvalue weighted by Gasteiger charge is -2.15. The van der Waals surface area contributed by atoms with Gasteiger partial charge in [-0.1, -0.05) is 18.2 Å². The van der Waals surface area contributed by atoms with Gasteiger partial charge in [0, 0.05) is 20.6 Å². The first-order valence-electron chi connectivity index (χ1n) is 6.25. The van der Waals surface area contributed by atoms with Crippen LogP contribution in [-0.2, 0) is 16.6 Å². The normalized spacial score (nSPS) is 11.6. The van der Waals surface area contributed by atoms with Gasteiger partial charge in [-0.2, -0.15) is 0 Å². The molecule has 0 unspecified atom stereocenters. The summed E-state index contributed by atoms with van der Waals surface area (Å²) in [6.45, 7) is 0.1000. The molecule has 0 spiro atoms. The summed E-state index contributed by atoms with van der Waals surface area (Å²) in [5.74, 6) is -0.208. The smallest absolute Gasteiger partial charge is 0.287 e. The lowest BCUT2D eigenvalue weighted by molar-refractivity contribution is 0.0923. The van der Waals surface area contributed by atoms with Crippen LogP contribution < -0.4 is 5.32 Å². The second kappa shape index (κ2) is 6.11. The van der Waals surface area contributed by atoms with Gasteiger partial charge in [-0.15, -0.1) is 0 Å². The molecule has 0 atom stereocenters. The summed E-state index contributed by atoms with van der Waals surface area (Å²) in [5, 5.41) is 2.64. The van der Waals surface area contributed by atoms with Crippen LogP contribution in [0.1, 0.15) is 16.1 Å². The molecule has 21 heavy (non-hydrogen) atoms. The average Bonchev–Trinajstić information content (AvgIpc) is 2.99. The fourth-order valence-corrected chi connectivity index (χ4v) is 2.88. The van der Waals surface area contributed by atoms with E-state index >= 15 is 0 Å². The zero-order valence-electron chi connectivity index (χ0n) is 11.7. The van der Waals surface area contributed by atoms with E-state index in [0.29, 0.717) is 5.56 Å². The van der Waals surface area contributed by atoms with Gasteiger partial charge in [0.1, 0.15) is 0 Å². The average molecular weight is 308 g/mol. The van der Waals surface area contributed by atoms with E-state index < -0.39 is 15.9 Å². The molecule has 0 fully saturated rings. The van der Waals surface area contributed by atoms with Crippen molar-refractivity contribution in [3.8, 4) is 0 Å².